The Balaban J connectivity index is 1.98. The van der Waals surface area contributed by atoms with Gasteiger partial charge < -0.3 is 0 Å². The van der Waals surface area contributed by atoms with E-state index in [0.29, 0.717) is 22.7 Å². The molecule has 0 unspecified atom stereocenters. The lowest BCUT2D eigenvalue weighted by molar-refractivity contribution is 0.556. The molecule has 1 atom stereocenters. The highest BCUT2D eigenvalue weighted by Crippen LogP contribution is 2.23. The molecule has 2 aromatic carbocycles. The zero-order valence-electron chi connectivity index (χ0n) is 14.4. The Bertz CT molecular complexity index is 1090. The predicted molar refractivity (Wildman–Crippen MR) is 107 cm³/mol. The van der Waals surface area contributed by atoms with Gasteiger partial charge in [-0.1, -0.05) is 42.0 Å². The lowest BCUT2D eigenvalue weighted by Gasteiger charge is -2.12. The first kappa shape index (κ1) is 19.1. The van der Waals surface area contributed by atoms with Crippen molar-refractivity contribution >= 4 is 43.2 Å². The molecule has 1 heterocycles. The van der Waals surface area contributed by atoms with Crippen LogP contribution in [0.1, 0.15) is 25.8 Å². The molecule has 3 rings (SSSR count). The second-order valence-electron chi connectivity index (χ2n) is 6.14. The Hall–Kier alpha value is -1.67. The highest BCUT2D eigenvalue weighted by Gasteiger charge is 2.18. The topological polar surface area (TPSA) is 68.2 Å². The molecule has 0 radical (unpaired) electrons. The molecule has 1 N–H and O–H groups in total. The van der Waals surface area contributed by atoms with E-state index in [1.54, 1.807) is 28.8 Å². The third kappa shape index (κ3) is 4.01. The third-order valence-electron chi connectivity index (χ3n) is 4.17. The minimum atomic E-state index is -3.60. The van der Waals surface area contributed by atoms with E-state index in [2.05, 4.69) is 4.72 Å². The molecule has 26 heavy (non-hydrogen) atoms. The SMILES string of the molecule is CC[C@@H](C)NS(=O)(=O)c1ccc2c(c1)sc(=O)n2Cc1ccc(Cl)cc1. The molecular formula is C18H19ClN2O3S2. The van der Waals surface area contributed by atoms with E-state index in [0.717, 1.165) is 22.4 Å². The average molecular weight is 411 g/mol. The lowest BCUT2D eigenvalue weighted by Crippen LogP contribution is -2.31. The summed E-state index contributed by atoms with van der Waals surface area (Å²) in [7, 11) is -3.60. The van der Waals surface area contributed by atoms with Crippen molar-refractivity contribution in [2.75, 3.05) is 0 Å². The van der Waals surface area contributed by atoms with E-state index < -0.39 is 10.0 Å². The Morgan fingerprint density at radius 2 is 1.88 bits per heavy atom. The molecule has 0 aliphatic heterocycles. The Labute approximate surface area is 161 Å². The zero-order valence-corrected chi connectivity index (χ0v) is 16.8. The number of thiazole rings is 1. The van der Waals surface area contributed by atoms with E-state index >= 15 is 0 Å². The number of sulfonamides is 1. The van der Waals surface area contributed by atoms with Gasteiger partial charge in [0, 0.05) is 11.1 Å². The maximum atomic E-state index is 12.5. The first-order chi connectivity index (χ1) is 12.3. The van der Waals surface area contributed by atoms with Crippen LogP contribution in [-0.2, 0) is 16.6 Å². The molecule has 0 saturated carbocycles. The van der Waals surface area contributed by atoms with Gasteiger partial charge in [0.05, 0.1) is 21.7 Å². The molecule has 3 aromatic rings. The molecule has 138 valence electrons. The second kappa shape index (κ2) is 7.52. The summed E-state index contributed by atoms with van der Waals surface area (Å²) < 4.78 is 29.8. The summed E-state index contributed by atoms with van der Waals surface area (Å²) in [6, 6.07) is 11.9. The average Bonchev–Trinajstić information content (AvgIpc) is 2.91. The number of aromatic nitrogens is 1. The summed E-state index contributed by atoms with van der Waals surface area (Å²) >= 11 is 6.94. The number of benzene rings is 2. The second-order valence-corrected chi connectivity index (χ2v) is 9.28. The molecule has 0 bridgehead atoms. The summed E-state index contributed by atoms with van der Waals surface area (Å²) in [4.78, 5) is 12.4. The fourth-order valence-corrected chi connectivity index (χ4v) is 5.04. The smallest absolute Gasteiger partial charge is 0.294 e. The largest absolute Gasteiger partial charge is 0.308 e. The highest BCUT2D eigenvalue weighted by atomic mass is 35.5. The minimum absolute atomic E-state index is 0.126. The molecule has 5 nitrogen and oxygen atoms in total. The summed E-state index contributed by atoms with van der Waals surface area (Å²) in [5, 5.41) is 0.639. The van der Waals surface area contributed by atoms with E-state index in [-0.39, 0.29) is 15.8 Å². The van der Waals surface area contributed by atoms with Gasteiger partial charge in [0.15, 0.2) is 0 Å². The van der Waals surface area contributed by atoms with Crippen molar-refractivity contribution in [3.8, 4) is 0 Å². The van der Waals surface area contributed by atoms with E-state index in [4.69, 9.17) is 11.6 Å². The van der Waals surface area contributed by atoms with Crippen molar-refractivity contribution < 1.29 is 8.42 Å². The van der Waals surface area contributed by atoms with Crippen LogP contribution in [0.25, 0.3) is 10.2 Å². The Morgan fingerprint density at radius 3 is 2.54 bits per heavy atom. The number of rotatable bonds is 6. The zero-order chi connectivity index (χ0) is 18.9. The van der Waals surface area contributed by atoms with E-state index in [1.165, 1.54) is 6.07 Å². The van der Waals surface area contributed by atoms with Crippen LogP contribution in [0.3, 0.4) is 0 Å². The van der Waals surface area contributed by atoms with Crippen molar-refractivity contribution in [1.82, 2.24) is 9.29 Å². The third-order valence-corrected chi connectivity index (χ3v) is 6.95. The number of nitrogens with one attached hydrogen (secondary N) is 1. The van der Waals surface area contributed by atoms with Crippen molar-refractivity contribution in [3.63, 3.8) is 0 Å². The van der Waals surface area contributed by atoms with Gasteiger partial charge in [-0.05, 0) is 49.2 Å². The van der Waals surface area contributed by atoms with E-state index in [1.807, 2.05) is 26.0 Å². The van der Waals surface area contributed by atoms with Gasteiger partial charge in [0.25, 0.3) is 0 Å². The van der Waals surface area contributed by atoms with Crippen LogP contribution < -0.4 is 9.60 Å². The Kier molecular flexibility index (Phi) is 5.53. The summed E-state index contributed by atoms with van der Waals surface area (Å²) in [5.74, 6) is 0. The van der Waals surface area contributed by atoms with Gasteiger partial charge in [-0.3, -0.25) is 9.36 Å². The molecule has 0 saturated heterocycles. The van der Waals surface area contributed by atoms with Crippen molar-refractivity contribution in [2.45, 2.75) is 37.8 Å². The maximum absolute atomic E-state index is 12.5. The normalized spacial score (nSPS) is 13.2. The fourth-order valence-electron chi connectivity index (χ4n) is 2.55. The van der Waals surface area contributed by atoms with Crippen molar-refractivity contribution in [2.24, 2.45) is 0 Å². The summed E-state index contributed by atoms with van der Waals surface area (Å²) in [6.07, 6.45) is 0.701. The number of hydrogen-bond donors (Lipinski definition) is 1. The van der Waals surface area contributed by atoms with Crippen LogP contribution in [0, 0.1) is 0 Å². The molecule has 0 spiro atoms. The van der Waals surface area contributed by atoms with Crippen LogP contribution in [0.15, 0.2) is 52.2 Å². The quantitative estimate of drug-likeness (QED) is 0.671. The molecule has 0 amide bonds. The van der Waals surface area contributed by atoms with Gasteiger partial charge in [0.1, 0.15) is 0 Å². The maximum Gasteiger partial charge on any atom is 0.308 e. The first-order valence-corrected chi connectivity index (χ1v) is 10.9. The highest BCUT2D eigenvalue weighted by molar-refractivity contribution is 7.89. The molecule has 0 aliphatic carbocycles. The van der Waals surface area contributed by atoms with Gasteiger partial charge in [-0.25, -0.2) is 13.1 Å². The van der Waals surface area contributed by atoms with Gasteiger partial charge in [-0.2, -0.15) is 0 Å². The van der Waals surface area contributed by atoms with Crippen molar-refractivity contribution in [3.05, 3.63) is 62.7 Å². The molecule has 8 heteroatoms. The van der Waals surface area contributed by atoms with Crippen LogP contribution in [-0.4, -0.2) is 19.0 Å². The molecule has 0 aliphatic rings. The van der Waals surface area contributed by atoms with Crippen LogP contribution in [0.2, 0.25) is 5.02 Å². The summed E-state index contributed by atoms with van der Waals surface area (Å²) in [6.45, 7) is 4.14. The number of nitrogens with zero attached hydrogens (tertiary/aromatic N) is 1. The predicted octanol–water partition coefficient (Wildman–Crippen LogP) is 3.84. The minimum Gasteiger partial charge on any atom is -0.294 e. The standard InChI is InChI=1S/C18H19ClN2O3S2/c1-3-12(2)20-26(23,24)15-8-9-16-17(10-15)25-18(22)21(16)11-13-4-6-14(19)7-5-13/h4-10,12,20H,3,11H2,1-2H3/t12-/m1/s1. The van der Waals surface area contributed by atoms with Crippen LogP contribution in [0.4, 0.5) is 0 Å². The molecular weight excluding hydrogens is 392 g/mol. The summed E-state index contributed by atoms with van der Waals surface area (Å²) in [5.41, 5.74) is 1.67. The molecule has 0 fully saturated rings. The van der Waals surface area contributed by atoms with Crippen molar-refractivity contribution in [1.29, 1.82) is 0 Å². The fraction of sp³-hybridized carbons (Fsp3) is 0.278. The van der Waals surface area contributed by atoms with Gasteiger partial charge >= 0.3 is 4.87 Å². The number of fused-ring (bicyclic) bond motifs is 1. The number of halogens is 1. The number of hydrogen-bond acceptors (Lipinski definition) is 4. The van der Waals surface area contributed by atoms with Crippen LogP contribution in [0.5, 0.6) is 0 Å². The monoisotopic (exact) mass is 410 g/mol. The van der Waals surface area contributed by atoms with Crippen LogP contribution >= 0.6 is 22.9 Å². The Morgan fingerprint density at radius 1 is 1.19 bits per heavy atom. The van der Waals surface area contributed by atoms with E-state index in [9.17, 15) is 13.2 Å². The van der Waals surface area contributed by atoms with Gasteiger partial charge in [-0.15, -0.1) is 0 Å². The molecule has 1 aromatic heterocycles. The van der Waals surface area contributed by atoms with Gasteiger partial charge in [0.2, 0.25) is 10.0 Å². The first-order valence-electron chi connectivity index (χ1n) is 8.20. The lowest BCUT2D eigenvalue weighted by atomic mass is 10.2.